The summed E-state index contributed by atoms with van der Waals surface area (Å²) in [6, 6.07) is 11.6. The number of urea groups is 1. The summed E-state index contributed by atoms with van der Waals surface area (Å²) in [5.74, 6) is -0.656. The van der Waals surface area contributed by atoms with E-state index in [1.807, 2.05) is 0 Å². The van der Waals surface area contributed by atoms with Crippen LogP contribution in [0.4, 0.5) is 16.2 Å². The number of carbonyl (C=O) groups is 3. The molecule has 9 heteroatoms. The third-order valence-electron chi connectivity index (χ3n) is 4.06. The molecule has 0 radical (unpaired) electrons. The van der Waals surface area contributed by atoms with Crippen molar-refractivity contribution in [3.63, 3.8) is 0 Å². The maximum absolute atomic E-state index is 12.2. The summed E-state index contributed by atoms with van der Waals surface area (Å²) in [6.07, 6.45) is 0.402. The minimum Gasteiger partial charge on any atom is -0.338 e. The molecule has 2 aromatic rings. The van der Waals surface area contributed by atoms with Gasteiger partial charge in [0.2, 0.25) is 0 Å². The van der Waals surface area contributed by atoms with Crippen LogP contribution in [0.5, 0.6) is 0 Å². The number of nitro benzene ring substituents is 1. The van der Waals surface area contributed by atoms with Crippen LogP contribution in [-0.2, 0) is 0 Å². The smallest absolute Gasteiger partial charge is 0.319 e. The fourth-order valence-electron chi connectivity index (χ4n) is 2.72. The Labute approximate surface area is 154 Å². The molecule has 1 heterocycles. The Morgan fingerprint density at radius 1 is 1.00 bits per heavy atom. The van der Waals surface area contributed by atoms with Gasteiger partial charge in [0.25, 0.3) is 17.5 Å². The molecule has 27 heavy (non-hydrogen) atoms. The minimum absolute atomic E-state index is 0.0677. The van der Waals surface area contributed by atoms with E-state index in [0.717, 1.165) is 0 Å². The number of hydrogen-bond donors (Lipinski definition) is 2. The maximum Gasteiger partial charge on any atom is 0.319 e. The Kier molecular flexibility index (Phi) is 5.11. The number of benzene rings is 2. The topological polar surface area (TPSA) is 122 Å². The Hall–Kier alpha value is -3.75. The normalized spacial score (nSPS) is 12.7. The van der Waals surface area contributed by atoms with Gasteiger partial charge in [0, 0.05) is 30.9 Å². The van der Waals surface area contributed by atoms with Gasteiger partial charge in [0.15, 0.2) is 0 Å². The van der Waals surface area contributed by atoms with E-state index in [9.17, 15) is 24.5 Å². The van der Waals surface area contributed by atoms with E-state index in [-0.39, 0.29) is 30.6 Å². The zero-order valence-corrected chi connectivity index (χ0v) is 14.2. The largest absolute Gasteiger partial charge is 0.338 e. The molecule has 9 nitrogen and oxygen atoms in total. The van der Waals surface area contributed by atoms with E-state index in [1.54, 1.807) is 24.3 Å². The van der Waals surface area contributed by atoms with Crippen molar-refractivity contribution in [3.05, 3.63) is 69.8 Å². The average molecular weight is 368 g/mol. The van der Waals surface area contributed by atoms with E-state index < -0.39 is 11.0 Å². The molecule has 3 rings (SSSR count). The lowest BCUT2D eigenvalue weighted by Crippen LogP contribution is -2.35. The van der Waals surface area contributed by atoms with Crippen LogP contribution in [0, 0.1) is 10.1 Å². The molecule has 4 amide bonds. The van der Waals surface area contributed by atoms with Gasteiger partial charge in [-0.15, -0.1) is 0 Å². The summed E-state index contributed by atoms with van der Waals surface area (Å²) in [5.41, 5.74) is 1.14. The van der Waals surface area contributed by atoms with Crippen molar-refractivity contribution in [2.24, 2.45) is 0 Å². The Morgan fingerprint density at radius 2 is 1.59 bits per heavy atom. The number of imide groups is 1. The molecule has 1 aliphatic heterocycles. The van der Waals surface area contributed by atoms with Gasteiger partial charge in [-0.1, -0.05) is 12.1 Å². The number of anilines is 1. The number of carbonyl (C=O) groups excluding carboxylic acids is 3. The van der Waals surface area contributed by atoms with Crippen LogP contribution in [0.15, 0.2) is 48.5 Å². The van der Waals surface area contributed by atoms with Gasteiger partial charge in [-0.3, -0.25) is 24.6 Å². The number of hydrogen-bond acceptors (Lipinski definition) is 5. The van der Waals surface area contributed by atoms with Crippen molar-refractivity contribution < 1.29 is 19.3 Å². The van der Waals surface area contributed by atoms with Crippen LogP contribution in [0.1, 0.15) is 27.1 Å². The Bertz CT molecular complexity index is 875. The fourth-order valence-corrected chi connectivity index (χ4v) is 2.72. The van der Waals surface area contributed by atoms with Gasteiger partial charge >= 0.3 is 6.03 Å². The third-order valence-corrected chi connectivity index (χ3v) is 4.06. The van der Waals surface area contributed by atoms with Crippen LogP contribution in [0.2, 0.25) is 0 Å². The van der Waals surface area contributed by atoms with E-state index in [0.29, 0.717) is 23.2 Å². The maximum atomic E-state index is 12.2. The van der Waals surface area contributed by atoms with Crippen molar-refractivity contribution in [1.29, 1.82) is 0 Å². The quantitative estimate of drug-likeness (QED) is 0.351. The molecule has 0 unspecified atom stereocenters. The molecule has 0 fully saturated rings. The number of nitrogens with one attached hydrogen (secondary N) is 2. The highest BCUT2D eigenvalue weighted by molar-refractivity contribution is 6.21. The van der Waals surface area contributed by atoms with Crippen LogP contribution in [-0.4, -0.2) is 40.8 Å². The summed E-state index contributed by atoms with van der Waals surface area (Å²) in [5, 5.41) is 15.7. The number of amides is 4. The lowest BCUT2D eigenvalue weighted by atomic mass is 10.1. The van der Waals surface area contributed by atoms with Crippen molar-refractivity contribution in [2.45, 2.75) is 6.42 Å². The van der Waals surface area contributed by atoms with E-state index in [4.69, 9.17) is 0 Å². The Morgan fingerprint density at radius 3 is 2.15 bits per heavy atom. The van der Waals surface area contributed by atoms with Crippen LogP contribution in [0.3, 0.4) is 0 Å². The van der Waals surface area contributed by atoms with Gasteiger partial charge in [-0.2, -0.15) is 0 Å². The van der Waals surface area contributed by atoms with Gasteiger partial charge in [-0.25, -0.2) is 4.79 Å². The van der Waals surface area contributed by atoms with Gasteiger partial charge < -0.3 is 10.6 Å². The first-order chi connectivity index (χ1) is 13.0. The molecule has 138 valence electrons. The molecular formula is C18H16N4O5. The summed E-state index contributed by atoms with van der Waals surface area (Å²) in [4.78, 5) is 47.5. The van der Waals surface area contributed by atoms with Crippen molar-refractivity contribution >= 4 is 29.2 Å². The monoisotopic (exact) mass is 368 g/mol. The summed E-state index contributed by atoms with van der Waals surface area (Å²) >= 11 is 0. The van der Waals surface area contributed by atoms with Gasteiger partial charge in [0.05, 0.1) is 16.1 Å². The first kappa shape index (κ1) is 18.1. The molecule has 0 saturated heterocycles. The average Bonchev–Trinajstić information content (AvgIpc) is 2.90. The lowest BCUT2D eigenvalue weighted by molar-refractivity contribution is -0.384. The molecule has 0 spiro atoms. The SMILES string of the molecule is O=C(NCCCN1C(=O)c2ccccc2C1=O)Nc1ccc([N+](=O)[O-])cc1. The molecule has 0 bridgehead atoms. The van der Waals surface area contributed by atoms with Crippen LogP contribution < -0.4 is 10.6 Å². The highest BCUT2D eigenvalue weighted by atomic mass is 16.6. The second-order valence-electron chi connectivity index (χ2n) is 5.85. The number of non-ortho nitro benzene ring substituents is 1. The predicted octanol–water partition coefficient (Wildman–Crippen LogP) is 2.40. The van der Waals surface area contributed by atoms with E-state index in [2.05, 4.69) is 10.6 Å². The summed E-state index contributed by atoms with van der Waals surface area (Å²) < 4.78 is 0. The van der Waals surface area contributed by atoms with Crippen molar-refractivity contribution in [1.82, 2.24) is 10.2 Å². The van der Waals surface area contributed by atoms with E-state index in [1.165, 1.54) is 29.2 Å². The van der Waals surface area contributed by atoms with Crippen molar-refractivity contribution in [2.75, 3.05) is 18.4 Å². The van der Waals surface area contributed by atoms with Gasteiger partial charge in [-0.05, 0) is 30.7 Å². The zero-order valence-electron chi connectivity index (χ0n) is 14.2. The second kappa shape index (κ2) is 7.65. The highest BCUT2D eigenvalue weighted by Gasteiger charge is 2.34. The molecule has 0 aromatic heterocycles. The minimum atomic E-state index is -0.525. The first-order valence-corrected chi connectivity index (χ1v) is 8.22. The predicted molar refractivity (Wildman–Crippen MR) is 96.5 cm³/mol. The standard InChI is InChI=1S/C18H16N4O5/c23-16-14-4-1-2-5-15(14)17(24)21(16)11-3-10-19-18(25)20-12-6-8-13(9-7-12)22(26)27/h1-2,4-9H,3,10-11H2,(H2,19,20,25). The molecule has 0 aliphatic carbocycles. The molecule has 1 aliphatic rings. The molecular weight excluding hydrogens is 352 g/mol. The lowest BCUT2D eigenvalue weighted by Gasteiger charge is -2.14. The fraction of sp³-hybridized carbons (Fsp3) is 0.167. The summed E-state index contributed by atoms with van der Waals surface area (Å²) in [7, 11) is 0. The third kappa shape index (κ3) is 3.92. The highest BCUT2D eigenvalue weighted by Crippen LogP contribution is 2.22. The second-order valence-corrected chi connectivity index (χ2v) is 5.85. The number of fused-ring (bicyclic) bond motifs is 1. The number of rotatable bonds is 6. The number of nitro groups is 1. The first-order valence-electron chi connectivity index (χ1n) is 8.22. The van der Waals surface area contributed by atoms with Crippen molar-refractivity contribution in [3.8, 4) is 0 Å². The molecule has 0 saturated carbocycles. The molecule has 2 aromatic carbocycles. The van der Waals surface area contributed by atoms with Crippen LogP contribution in [0.25, 0.3) is 0 Å². The van der Waals surface area contributed by atoms with Crippen LogP contribution >= 0.6 is 0 Å². The van der Waals surface area contributed by atoms with Gasteiger partial charge in [0.1, 0.15) is 0 Å². The van der Waals surface area contributed by atoms with E-state index >= 15 is 0 Å². The molecule has 0 atom stereocenters. The Balaban J connectivity index is 1.44. The summed E-state index contributed by atoms with van der Waals surface area (Å²) in [6.45, 7) is 0.455. The number of nitrogens with zero attached hydrogens (tertiary/aromatic N) is 2. The molecule has 2 N–H and O–H groups in total. The zero-order chi connectivity index (χ0) is 19.4.